The molecule has 6 nitrogen and oxygen atoms in total. The van der Waals surface area contributed by atoms with E-state index < -0.39 is 18.4 Å². The molecule has 6 heteroatoms. The molecule has 3 aliphatic heterocycles. The van der Waals surface area contributed by atoms with Gasteiger partial charge in [-0.3, -0.25) is 0 Å². The van der Waals surface area contributed by atoms with Crippen molar-refractivity contribution in [3.63, 3.8) is 0 Å². The number of ether oxygens (including phenoxy) is 5. The molecule has 3 aliphatic rings. The zero-order chi connectivity index (χ0) is 15.3. The van der Waals surface area contributed by atoms with Crippen LogP contribution in [0, 0.1) is 0 Å². The lowest BCUT2D eigenvalue weighted by Crippen LogP contribution is -2.52. The van der Waals surface area contributed by atoms with Crippen molar-refractivity contribution in [3.8, 4) is 0 Å². The van der Waals surface area contributed by atoms with Crippen molar-refractivity contribution < 1.29 is 23.7 Å². The number of hydrogen-bond donors (Lipinski definition) is 1. The van der Waals surface area contributed by atoms with Crippen LogP contribution in [0.2, 0.25) is 0 Å². The third-order valence-electron chi connectivity index (χ3n) is 4.28. The van der Waals surface area contributed by atoms with Gasteiger partial charge in [-0.2, -0.15) is 0 Å². The Morgan fingerprint density at radius 2 is 1.73 bits per heavy atom. The van der Waals surface area contributed by atoms with Crippen molar-refractivity contribution in [1.82, 2.24) is 0 Å². The van der Waals surface area contributed by atoms with Crippen LogP contribution in [0.15, 0.2) is 30.3 Å². The number of benzene rings is 1. The van der Waals surface area contributed by atoms with Crippen LogP contribution >= 0.6 is 0 Å². The molecule has 1 aromatic rings. The molecule has 3 fully saturated rings. The molecule has 6 atom stereocenters. The molecule has 0 saturated carbocycles. The van der Waals surface area contributed by atoms with Gasteiger partial charge in [0, 0.05) is 12.1 Å². The summed E-state index contributed by atoms with van der Waals surface area (Å²) in [6.45, 7) is 4.10. The highest BCUT2D eigenvalue weighted by Gasteiger charge is 2.59. The molecule has 3 saturated heterocycles. The molecule has 0 amide bonds. The van der Waals surface area contributed by atoms with E-state index in [0.717, 1.165) is 5.56 Å². The van der Waals surface area contributed by atoms with E-state index in [1.807, 2.05) is 44.2 Å². The van der Waals surface area contributed by atoms with E-state index in [1.54, 1.807) is 0 Å². The van der Waals surface area contributed by atoms with Crippen LogP contribution in [0.5, 0.6) is 0 Å². The summed E-state index contributed by atoms with van der Waals surface area (Å²) in [5, 5.41) is 0. The Morgan fingerprint density at radius 1 is 0.955 bits per heavy atom. The summed E-state index contributed by atoms with van der Waals surface area (Å²) in [6, 6.07) is 9.82. The van der Waals surface area contributed by atoms with Gasteiger partial charge in [-0.15, -0.1) is 0 Å². The van der Waals surface area contributed by atoms with Gasteiger partial charge in [0.25, 0.3) is 0 Å². The van der Waals surface area contributed by atoms with Crippen LogP contribution in [0.1, 0.15) is 25.7 Å². The van der Waals surface area contributed by atoms with Crippen molar-refractivity contribution in [1.29, 1.82) is 0 Å². The highest BCUT2D eigenvalue weighted by molar-refractivity contribution is 5.17. The highest BCUT2D eigenvalue weighted by Crippen LogP contribution is 2.44. The lowest BCUT2D eigenvalue weighted by molar-refractivity contribution is -0.307. The summed E-state index contributed by atoms with van der Waals surface area (Å²) in [5.74, 6) is -0.664. The zero-order valence-corrected chi connectivity index (χ0v) is 12.7. The molecule has 0 bridgehead atoms. The largest absolute Gasteiger partial charge is 0.341 e. The molecule has 1 unspecified atom stereocenters. The smallest absolute Gasteiger partial charge is 0.190 e. The van der Waals surface area contributed by atoms with Gasteiger partial charge >= 0.3 is 0 Å². The molecular weight excluding hydrogens is 286 g/mol. The maximum atomic E-state index is 6.13. The molecular formula is C16H21NO5. The van der Waals surface area contributed by atoms with Crippen LogP contribution in [-0.2, 0) is 23.7 Å². The molecule has 3 heterocycles. The first-order valence-corrected chi connectivity index (χ1v) is 7.64. The molecule has 22 heavy (non-hydrogen) atoms. The summed E-state index contributed by atoms with van der Waals surface area (Å²) in [5.41, 5.74) is 6.82. The van der Waals surface area contributed by atoms with Gasteiger partial charge in [-0.25, -0.2) is 0 Å². The van der Waals surface area contributed by atoms with E-state index in [9.17, 15) is 0 Å². The van der Waals surface area contributed by atoms with Gasteiger partial charge in [-0.05, 0) is 13.8 Å². The minimum absolute atomic E-state index is 0.245. The van der Waals surface area contributed by atoms with E-state index in [1.165, 1.54) is 0 Å². The van der Waals surface area contributed by atoms with Crippen LogP contribution in [0.3, 0.4) is 0 Å². The quantitative estimate of drug-likeness (QED) is 0.888. The van der Waals surface area contributed by atoms with Crippen molar-refractivity contribution in [2.75, 3.05) is 6.54 Å². The minimum atomic E-state index is -0.664. The topological polar surface area (TPSA) is 72.2 Å². The van der Waals surface area contributed by atoms with Gasteiger partial charge in [0.15, 0.2) is 18.4 Å². The average molecular weight is 307 g/mol. The zero-order valence-electron chi connectivity index (χ0n) is 12.7. The molecule has 0 spiro atoms. The molecule has 0 aliphatic carbocycles. The number of hydrogen-bond acceptors (Lipinski definition) is 6. The standard InChI is InChI=1S/C16H21NO5/c1-16(2)21-13-12-11(19-15(13)22-16)10(8-17)18-14(20-12)9-6-4-3-5-7-9/h3-7,10-15H,8,17H2,1-2H3/t10-,11-,12+,13-,14?,15-/m1/s1. The van der Waals surface area contributed by atoms with E-state index in [2.05, 4.69) is 0 Å². The van der Waals surface area contributed by atoms with Crippen molar-refractivity contribution in [2.24, 2.45) is 5.73 Å². The minimum Gasteiger partial charge on any atom is -0.341 e. The van der Waals surface area contributed by atoms with Crippen LogP contribution in [0.4, 0.5) is 0 Å². The summed E-state index contributed by atoms with van der Waals surface area (Å²) < 4.78 is 29.8. The van der Waals surface area contributed by atoms with E-state index >= 15 is 0 Å². The molecule has 1 aromatic carbocycles. The number of fused-ring (bicyclic) bond motifs is 3. The fourth-order valence-corrected chi connectivity index (χ4v) is 3.33. The lowest BCUT2D eigenvalue weighted by atomic mass is 10.0. The summed E-state index contributed by atoms with van der Waals surface area (Å²) >= 11 is 0. The van der Waals surface area contributed by atoms with Gasteiger partial charge < -0.3 is 29.4 Å². The maximum absolute atomic E-state index is 6.13. The first-order valence-electron chi connectivity index (χ1n) is 7.64. The fraction of sp³-hybridized carbons (Fsp3) is 0.625. The highest BCUT2D eigenvalue weighted by atomic mass is 16.9. The van der Waals surface area contributed by atoms with Gasteiger partial charge in [0.1, 0.15) is 24.4 Å². The van der Waals surface area contributed by atoms with Crippen molar-refractivity contribution in [3.05, 3.63) is 35.9 Å². The van der Waals surface area contributed by atoms with Crippen molar-refractivity contribution >= 4 is 0 Å². The van der Waals surface area contributed by atoms with Crippen LogP contribution < -0.4 is 5.73 Å². The van der Waals surface area contributed by atoms with Crippen LogP contribution in [0.25, 0.3) is 0 Å². The first-order chi connectivity index (χ1) is 10.6. The van der Waals surface area contributed by atoms with Gasteiger partial charge in [0.05, 0.1) is 0 Å². The average Bonchev–Trinajstić information content (AvgIpc) is 2.99. The van der Waals surface area contributed by atoms with E-state index in [0.29, 0.717) is 6.54 Å². The third kappa shape index (κ3) is 2.36. The second-order valence-electron chi connectivity index (χ2n) is 6.32. The Balaban J connectivity index is 1.59. The second-order valence-corrected chi connectivity index (χ2v) is 6.32. The van der Waals surface area contributed by atoms with Gasteiger partial charge in [-0.1, -0.05) is 30.3 Å². The Morgan fingerprint density at radius 3 is 2.45 bits per heavy atom. The second kappa shape index (κ2) is 5.26. The lowest BCUT2D eigenvalue weighted by Gasteiger charge is -2.39. The summed E-state index contributed by atoms with van der Waals surface area (Å²) in [7, 11) is 0. The fourth-order valence-electron chi connectivity index (χ4n) is 3.33. The third-order valence-corrected chi connectivity index (χ3v) is 4.28. The molecule has 0 aromatic heterocycles. The maximum Gasteiger partial charge on any atom is 0.190 e. The summed E-state index contributed by atoms with van der Waals surface area (Å²) in [4.78, 5) is 0. The Bertz CT molecular complexity index is 537. The molecule has 120 valence electrons. The molecule has 2 N–H and O–H groups in total. The van der Waals surface area contributed by atoms with E-state index in [4.69, 9.17) is 29.4 Å². The predicted molar refractivity (Wildman–Crippen MR) is 76.7 cm³/mol. The number of nitrogens with two attached hydrogens (primary N) is 1. The van der Waals surface area contributed by atoms with Crippen LogP contribution in [-0.4, -0.2) is 43.0 Å². The predicted octanol–water partition coefficient (Wildman–Crippen LogP) is 1.30. The SMILES string of the molecule is CC1(C)O[C@H]2O[C@H]3[C@H](OC(c4ccccc4)O[C@@H]3CN)[C@H]2O1. The summed E-state index contributed by atoms with van der Waals surface area (Å²) in [6.07, 6.45) is -1.92. The Hall–Kier alpha value is -1.02. The Kier molecular flexibility index (Phi) is 3.48. The molecule has 0 radical (unpaired) electrons. The van der Waals surface area contributed by atoms with E-state index in [-0.39, 0.29) is 24.4 Å². The van der Waals surface area contributed by atoms with Gasteiger partial charge in [0.2, 0.25) is 0 Å². The normalized spacial score (nSPS) is 42.9. The molecule has 4 rings (SSSR count). The number of rotatable bonds is 2. The Labute approximate surface area is 129 Å². The first kappa shape index (κ1) is 14.6. The van der Waals surface area contributed by atoms with Crippen molar-refractivity contribution in [2.45, 2.75) is 56.6 Å². The monoisotopic (exact) mass is 307 g/mol.